The number of ether oxygens (including phenoxy) is 1. The van der Waals surface area contributed by atoms with Gasteiger partial charge in [-0.3, -0.25) is 4.79 Å². The van der Waals surface area contributed by atoms with Gasteiger partial charge < -0.3 is 9.84 Å². The average molecular weight is 256 g/mol. The Bertz CT molecular complexity index is 549. The molecule has 0 radical (unpaired) electrons. The number of ketones is 1. The molecule has 0 aliphatic carbocycles. The van der Waals surface area contributed by atoms with E-state index in [1.807, 2.05) is 24.3 Å². The van der Waals surface area contributed by atoms with Gasteiger partial charge in [0.25, 0.3) is 0 Å². The summed E-state index contributed by atoms with van der Waals surface area (Å²) in [6.07, 6.45) is -0.747. The van der Waals surface area contributed by atoms with E-state index in [0.29, 0.717) is 11.3 Å². The fourth-order valence-electron chi connectivity index (χ4n) is 1.95. The lowest BCUT2D eigenvalue weighted by Crippen LogP contribution is -2.08. The number of para-hydroxylation sites is 1. The van der Waals surface area contributed by atoms with Crippen molar-refractivity contribution >= 4 is 5.78 Å². The van der Waals surface area contributed by atoms with Crippen molar-refractivity contribution in [2.75, 3.05) is 7.11 Å². The van der Waals surface area contributed by atoms with E-state index in [4.69, 9.17) is 4.74 Å². The van der Waals surface area contributed by atoms with Crippen LogP contribution in [0.4, 0.5) is 0 Å². The highest BCUT2D eigenvalue weighted by atomic mass is 16.5. The lowest BCUT2D eigenvalue weighted by Gasteiger charge is -2.11. The van der Waals surface area contributed by atoms with Gasteiger partial charge in [-0.1, -0.05) is 42.5 Å². The van der Waals surface area contributed by atoms with E-state index in [-0.39, 0.29) is 12.2 Å². The van der Waals surface area contributed by atoms with Gasteiger partial charge in [-0.15, -0.1) is 0 Å². The van der Waals surface area contributed by atoms with Gasteiger partial charge in [-0.05, 0) is 17.7 Å². The van der Waals surface area contributed by atoms with E-state index in [9.17, 15) is 9.90 Å². The molecule has 0 aliphatic rings. The first-order valence-electron chi connectivity index (χ1n) is 6.11. The van der Waals surface area contributed by atoms with Crippen LogP contribution in [0.25, 0.3) is 0 Å². The molecule has 2 rings (SSSR count). The summed E-state index contributed by atoms with van der Waals surface area (Å²) in [5.74, 6) is 0.404. The Morgan fingerprint density at radius 2 is 1.74 bits per heavy atom. The molecular weight excluding hydrogens is 240 g/mol. The summed E-state index contributed by atoms with van der Waals surface area (Å²) in [7, 11) is 1.53. The highest BCUT2D eigenvalue weighted by Crippen LogP contribution is 2.23. The molecule has 0 bridgehead atoms. The zero-order chi connectivity index (χ0) is 13.7. The number of methoxy groups -OCH3 is 1. The number of carbonyl (C=O) groups is 1. The van der Waals surface area contributed by atoms with Crippen LogP contribution in [-0.4, -0.2) is 18.0 Å². The van der Waals surface area contributed by atoms with Gasteiger partial charge in [0.1, 0.15) is 5.75 Å². The van der Waals surface area contributed by atoms with Crippen molar-refractivity contribution in [2.45, 2.75) is 12.5 Å². The van der Waals surface area contributed by atoms with Crippen LogP contribution in [0.5, 0.6) is 5.75 Å². The Hall–Kier alpha value is -2.13. The topological polar surface area (TPSA) is 46.5 Å². The highest BCUT2D eigenvalue weighted by Gasteiger charge is 2.17. The average Bonchev–Trinajstić information content (AvgIpc) is 2.48. The van der Waals surface area contributed by atoms with E-state index in [2.05, 4.69) is 0 Å². The lowest BCUT2D eigenvalue weighted by molar-refractivity contribution is 0.0877. The van der Waals surface area contributed by atoms with Crippen molar-refractivity contribution in [1.82, 2.24) is 0 Å². The number of hydrogen-bond donors (Lipinski definition) is 1. The van der Waals surface area contributed by atoms with Crippen LogP contribution in [0.1, 0.15) is 28.4 Å². The van der Waals surface area contributed by atoms with Crippen molar-refractivity contribution in [3.8, 4) is 5.75 Å². The minimum absolute atomic E-state index is 0.0460. The number of carbonyl (C=O) groups excluding carboxylic acids is 1. The van der Waals surface area contributed by atoms with Crippen LogP contribution in [0.3, 0.4) is 0 Å². The Kier molecular flexibility index (Phi) is 4.31. The molecule has 1 atom stereocenters. The zero-order valence-corrected chi connectivity index (χ0v) is 10.7. The fourth-order valence-corrected chi connectivity index (χ4v) is 1.95. The molecule has 0 saturated heterocycles. The van der Waals surface area contributed by atoms with E-state index < -0.39 is 6.10 Å². The molecule has 2 aromatic rings. The third-order valence-electron chi connectivity index (χ3n) is 2.97. The quantitative estimate of drug-likeness (QED) is 0.836. The maximum absolute atomic E-state index is 12.2. The van der Waals surface area contributed by atoms with Crippen molar-refractivity contribution in [1.29, 1.82) is 0 Å². The van der Waals surface area contributed by atoms with Crippen LogP contribution in [0, 0.1) is 0 Å². The van der Waals surface area contributed by atoms with Crippen LogP contribution >= 0.6 is 0 Å². The first-order chi connectivity index (χ1) is 9.22. The van der Waals surface area contributed by atoms with E-state index >= 15 is 0 Å². The molecule has 1 unspecified atom stereocenters. The zero-order valence-electron chi connectivity index (χ0n) is 10.7. The molecule has 98 valence electrons. The number of rotatable bonds is 5. The summed E-state index contributed by atoms with van der Waals surface area (Å²) in [4.78, 5) is 12.2. The van der Waals surface area contributed by atoms with E-state index in [0.717, 1.165) is 5.56 Å². The summed E-state index contributed by atoms with van der Waals surface area (Å²) in [5, 5.41) is 10.1. The van der Waals surface area contributed by atoms with Gasteiger partial charge >= 0.3 is 0 Å². The number of Topliss-reactive ketones (excluding diaryl/α,β-unsaturated/α-hetero) is 1. The monoisotopic (exact) mass is 256 g/mol. The Balaban J connectivity index is 2.13. The van der Waals surface area contributed by atoms with Crippen molar-refractivity contribution in [3.63, 3.8) is 0 Å². The summed E-state index contributed by atoms with van der Waals surface area (Å²) in [5.41, 5.74) is 1.24. The van der Waals surface area contributed by atoms with Gasteiger partial charge in [0.2, 0.25) is 0 Å². The number of hydrogen-bond acceptors (Lipinski definition) is 3. The maximum Gasteiger partial charge on any atom is 0.169 e. The van der Waals surface area contributed by atoms with E-state index in [1.165, 1.54) is 7.11 Å². The molecule has 1 N–H and O–H groups in total. The van der Waals surface area contributed by atoms with Crippen LogP contribution in [0.2, 0.25) is 0 Å². The van der Waals surface area contributed by atoms with Crippen molar-refractivity contribution < 1.29 is 14.6 Å². The fraction of sp³-hybridized carbons (Fsp3) is 0.188. The second kappa shape index (κ2) is 6.16. The predicted molar refractivity (Wildman–Crippen MR) is 73.3 cm³/mol. The molecule has 0 aliphatic heterocycles. The minimum Gasteiger partial charge on any atom is -0.496 e. The highest BCUT2D eigenvalue weighted by molar-refractivity contribution is 5.98. The van der Waals surface area contributed by atoms with Gasteiger partial charge in [-0.25, -0.2) is 0 Å². The maximum atomic E-state index is 12.2. The van der Waals surface area contributed by atoms with Crippen LogP contribution < -0.4 is 4.74 Å². The molecule has 0 fully saturated rings. The summed E-state index contributed by atoms with van der Waals surface area (Å²) >= 11 is 0. The Morgan fingerprint density at radius 1 is 1.11 bits per heavy atom. The third-order valence-corrected chi connectivity index (χ3v) is 2.97. The number of aliphatic hydroxyl groups excluding tert-OH is 1. The van der Waals surface area contributed by atoms with Gasteiger partial charge in [0, 0.05) is 6.42 Å². The molecule has 0 saturated carbocycles. The smallest absolute Gasteiger partial charge is 0.169 e. The normalized spacial score (nSPS) is 11.9. The van der Waals surface area contributed by atoms with Gasteiger partial charge in [-0.2, -0.15) is 0 Å². The molecule has 19 heavy (non-hydrogen) atoms. The molecule has 3 heteroatoms. The van der Waals surface area contributed by atoms with Crippen LogP contribution in [-0.2, 0) is 0 Å². The number of benzene rings is 2. The molecule has 0 heterocycles. The lowest BCUT2D eigenvalue weighted by atomic mass is 10.00. The largest absolute Gasteiger partial charge is 0.496 e. The molecular formula is C16H16O3. The standard InChI is InChI=1S/C16H16O3/c1-19-16-10-6-5-9-13(16)15(18)11-14(17)12-7-3-2-4-8-12/h2-10,14,17H,11H2,1H3. The van der Waals surface area contributed by atoms with E-state index in [1.54, 1.807) is 30.3 Å². The predicted octanol–water partition coefficient (Wildman–Crippen LogP) is 3.00. The van der Waals surface area contributed by atoms with Crippen molar-refractivity contribution in [2.24, 2.45) is 0 Å². The third kappa shape index (κ3) is 3.20. The Labute approximate surface area is 112 Å². The summed E-state index contributed by atoms with van der Waals surface area (Å²) < 4.78 is 5.15. The SMILES string of the molecule is COc1ccccc1C(=O)CC(O)c1ccccc1. The van der Waals surface area contributed by atoms with Gasteiger partial charge in [0.05, 0.1) is 18.8 Å². The first kappa shape index (κ1) is 13.3. The molecule has 3 nitrogen and oxygen atoms in total. The molecule has 0 spiro atoms. The number of aliphatic hydroxyl groups is 1. The minimum atomic E-state index is -0.793. The molecule has 2 aromatic carbocycles. The van der Waals surface area contributed by atoms with Crippen molar-refractivity contribution in [3.05, 3.63) is 65.7 Å². The van der Waals surface area contributed by atoms with Gasteiger partial charge in [0.15, 0.2) is 5.78 Å². The second-order valence-corrected chi connectivity index (χ2v) is 4.25. The molecule has 0 aromatic heterocycles. The second-order valence-electron chi connectivity index (χ2n) is 4.25. The molecule has 0 amide bonds. The summed E-state index contributed by atoms with van der Waals surface area (Å²) in [6.45, 7) is 0. The first-order valence-corrected chi connectivity index (χ1v) is 6.11. The van der Waals surface area contributed by atoms with Crippen LogP contribution in [0.15, 0.2) is 54.6 Å². The summed E-state index contributed by atoms with van der Waals surface area (Å²) in [6, 6.07) is 16.2. The Morgan fingerprint density at radius 3 is 2.42 bits per heavy atom.